The molecule has 1 fully saturated rings. The van der Waals surface area contributed by atoms with E-state index in [-0.39, 0.29) is 5.91 Å². The second-order valence-corrected chi connectivity index (χ2v) is 7.06. The molecule has 1 aliphatic rings. The molecule has 27 heavy (non-hydrogen) atoms. The molecule has 144 valence electrons. The van der Waals surface area contributed by atoms with Gasteiger partial charge in [0.05, 0.1) is 6.54 Å². The number of anilines is 1. The highest BCUT2D eigenvalue weighted by Crippen LogP contribution is 2.21. The zero-order valence-corrected chi connectivity index (χ0v) is 16.4. The van der Waals surface area contributed by atoms with Crippen molar-refractivity contribution in [3.8, 4) is 5.88 Å². The summed E-state index contributed by atoms with van der Waals surface area (Å²) in [5, 5.41) is 2.89. The van der Waals surface area contributed by atoms with Crippen molar-refractivity contribution in [2.24, 2.45) is 0 Å². The summed E-state index contributed by atoms with van der Waals surface area (Å²) in [6.45, 7) is 8.77. The van der Waals surface area contributed by atoms with Crippen molar-refractivity contribution in [3.05, 3.63) is 46.8 Å². The number of aryl methyl sites for hydroxylation is 3. The summed E-state index contributed by atoms with van der Waals surface area (Å²) in [6.07, 6.45) is 3.68. The highest BCUT2D eigenvalue weighted by atomic mass is 16.5. The SMILES string of the molecule is Cc1nc(OCCNC(=O)c2ccc(C)c(C)c2)cc(N2CCCCC2)n1. The van der Waals surface area contributed by atoms with Crippen LogP contribution in [0.15, 0.2) is 24.3 Å². The Hall–Kier alpha value is -2.63. The Bertz CT molecular complexity index is 801. The van der Waals surface area contributed by atoms with E-state index in [0.29, 0.717) is 30.4 Å². The largest absolute Gasteiger partial charge is 0.476 e. The molecule has 1 aliphatic heterocycles. The Morgan fingerprint density at radius 1 is 1.07 bits per heavy atom. The fourth-order valence-corrected chi connectivity index (χ4v) is 3.19. The summed E-state index contributed by atoms with van der Waals surface area (Å²) in [7, 11) is 0. The molecular weight excluding hydrogens is 340 g/mol. The maximum atomic E-state index is 12.2. The van der Waals surface area contributed by atoms with Gasteiger partial charge in [-0.2, -0.15) is 4.98 Å². The van der Waals surface area contributed by atoms with Crippen LogP contribution in [-0.4, -0.2) is 42.1 Å². The number of hydrogen-bond acceptors (Lipinski definition) is 5. The number of ether oxygens (including phenoxy) is 1. The lowest BCUT2D eigenvalue weighted by molar-refractivity contribution is 0.0946. The molecule has 0 unspecified atom stereocenters. The third-order valence-corrected chi connectivity index (χ3v) is 4.89. The summed E-state index contributed by atoms with van der Waals surface area (Å²) < 4.78 is 5.75. The molecule has 0 radical (unpaired) electrons. The van der Waals surface area contributed by atoms with E-state index < -0.39 is 0 Å². The summed E-state index contributed by atoms with van der Waals surface area (Å²) in [5.41, 5.74) is 2.96. The van der Waals surface area contributed by atoms with E-state index >= 15 is 0 Å². The van der Waals surface area contributed by atoms with Gasteiger partial charge in [0.1, 0.15) is 18.2 Å². The summed E-state index contributed by atoms with van der Waals surface area (Å²) in [4.78, 5) is 23.4. The number of hydrogen-bond donors (Lipinski definition) is 1. The van der Waals surface area contributed by atoms with Crippen LogP contribution in [0, 0.1) is 20.8 Å². The minimum Gasteiger partial charge on any atom is -0.476 e. The van der Waals surface area contributed by atoms with Crippen molar-refractivity contribution in [1.29, 1.82) is 0 Å². The first-order chi connectivity index (χ1) is 13.0. The van der Waals surface area contributed by atoms with Gasteiger partial charge in [-0.15, -0.1) is 0 Å². The molecule has 6 heteroatoms. The lowest BCUT2D eigenvalue weighted by Crippen LogP contribution is -2.30. The first kappa shape index (κ1) is 19.1. The van der Waals surface area contributed by atoms with Gasteiger partial charge in [0.25, 0.3) is 5.91 Å². The molecule has 3 rings (SSSR count). The summed E-state index contributed by atoms with van der Waals surface area (Å²) in [6, 6.07) is 7.61. The fraction of sp³-hybridized carbons (Fsp3) is 0.476. The minimum atomic E-state index is -0.0884. The first-order valence-corrected chi connectivity index (χ1v) is 9.62. The van der Waals surface area contributed by atoms with Crippen LogP contribution in [0.5, 0.6) is 5.88 Å². The standard InChI is InChI=1S/C21H28N4O2/c1-15-7-8-18(13-16(15)2)21(26)22-9-12-27-20-14-19(23-17(3)24-20)25-10-5-4-6-11-25/h7-8,13-14H,4-6,9-12H2,1-3H3,(H,22,26). The molecular formula is C21H28N4O2. The Labute approximate surface area is 161 Å². The maximum absolute atomic E-state index is 12.2. The van der Waals surface area contributed by atoms with Crippen molar-refractivity contribution >= 4 is 11.7 Å². The van der Waals surface area contributed by atoms with E-state index in [0.717, 1.165) is 24.5 Å². The van der Waals surface area contributed by atoms with E-state index in [1.807, 2.05) is 45.0 Å². The Kier molecular flexibility index (Phi) is 6.27. The summed E-state index contributed by atoms with van der Waals surface area (Å²) in [5.74, 6) is 2.10. The highest BCUT2D eigenvalue weighted by molar-refractivity contribution is 5.94. The predicted octanol–water partition coefficient (Wildman–Crippen LogP) is 3.20. The van der Waals surface area contributed by atoms with Crippen LogP contribution in [0.25, 0.3) is 0 Å². The number of benzene rings is 1. The van der Waals surface area contributed by atoms with E-state index in [2.05, 4.69) is 20.2 Å². The fourth-order valence-electron chi connectivity index (χ4n) is 3.19. The van der Waals surface area contributed by atoms with E-state index in [9.17, 15) is 4.79 Å². The molecule has 1 N–H and O–H groups in total. The smallest absolute Gasteiger partial charge is 0.251 e. The third-order valence-electron chi connectivity index (χ3n) is 4.89. The number of rotatable bonds is 6. The van der Waals surface area contributed by atoms with Crippen LogP contribution in [0.2, 0.25) is 0 Å². The van der Waals surface area contributed by atoms with Crippen molar-refractivity contribution in [3.63, 3.8) is 0 Å². The van der Waals surface area contributed by atoms with Gasteiger partial charge >= 0.3 is 0 Å². The minimum absolute atomic E-state index is 0.0884. The van der Waals surface area contributed by atoms with Crippen molar-refractivity contribution in [1.82, 2.24) is 15.3 Å². The molecule has 0 aliphatic carbocycles. The molecule has 1 amide bonds. The zero-order valence-electron chi connectivity index (χ0n) is 16.4. The molecule has 0 atom stereocenters. The van der Waals surface area contributed by atoms with Crippen molar-refractivity contribution in [2.75, 3.05) is 31.1 Å². The van der Waals surface area contributed by atoms with Gasteiger partial charge in [0.15, 0.2) is 0 Å². The molecule has 0 saturated carbocycles. The second-order valence-electron chi connectivity index (χ2n) is 7.06. The Morgan fingerprint density at radius 3 is 2.59 bits per heavy atom. The molecule has 0 spiro atoms. The summed E-state index contributed by atoms with van der Waals surface area (Å²) >= 11 is 0. The molecule has 2 aromatic rings. The van der Waals surface area contributed by atoms with Gasteiger partial charge in [0, 0.05) is 24.7 Å². The van der Waals surface area contributed by atoms with Crippen LogP contribution < -0.4 is 15.0 Å². The van der Waals surface area contributed by atoms with Gasteiger partial charge in [-0.25, -0.2) is 4.98 Å². The molecule has 1 saturated heterocycles. The maximum Gasteiger partial charge on any atom is 0.251 e. The van der Waals surface area contributed by atoms with Gasteiger partial charge < -0.3 is 15.0 Å². The number of nitrogens with one attached hydrogen (secondary N) is 1. The number of carbonyl (C=O) groups is 1. The number of aromatic nitrogens is 2. The Balaban J connectivity index is 1.51. The van der Waals surface area contributed by atoms with Crippen LogP contribution >= 0.6 is 0 Å². The van der Waals surface area contributed by atoms with Crippen LogP contribution in [0.1, 0.15) is 46.6 Å². The number of nitrogens with zero attached hydrogens (tertiary/aromatic N) is 3. The van der Waals surface area contributed by atoms with E-state index in [1.54, 1.807) is 0 Å². The predicted molar refractivity (Wildman–Crippen MR) is 107 cm³/mol. The quantitative estimate of drug-likeness (QED) is 0.793. The number of carbonyl (C=O) groups excluding carboxylic acids is 1. The number of amides is 1. The highest BCUT2D eigenvalue weighted by Gasteiger charge is 2.14. The molecule has 2 heterocycles. The van der Waals surface area contributed by atoms with Gasteiger partial charge in [-0.1, -0.05) is 6.07 Å². The lowest BCUT2D eigenvalue weighted by Gasteiger charge is -2.28. The molecule has 0 bridgehead atoms. The average molecular weight is 368 g/mol. The van der Waals surface area contributed by atoms with Crippen LogP contribution in [0.3, 0.4) is 0 Å². The third kappa shape index (κ3) is 5.18. The molecule has 1 aromatic carbocycles. The Morgan fingerprint density at radius 2 is 1.85 bits per heavy atom. The van der Waals surface area contributed by atoms with Crippen LogP contribution in [0.4, 0.5) is 5.82 Å². The normalized spacial score (nSPS) is 14.1. The van der Waals surface area contributed by atoms with Crippen molar-refractivity contribution < 1.29 is 9.53 Å². The van der Waals surface area contributed by atoms with Crippen molar-refractivity contribution in [2.45, 2.75) is 40.0 Å². The van der Waals surface area contributed by atoms with Gasteiger partial charge in [-0.05, 0) is 63.3 Å². The van der Waals surface area contributed by atoms with E-state index in [1.165, 1.54) is 24.8 Å². The average Bonchev–Trinajstić information content (AvgIpc) is 2.67. The van der Waals surface area contributed by atoms with Gasteiger partial charge in [0.2, 0.25) is 5.88 Å². The number of piperidine rings is 1. The lowest BCUT2D eigenvalue weighted by atomic mass is 10.1. The molecule has 1 aromatic heterocycles. The van der Waals surface area contributed by atoms with Gasteiger partial charge in [-0.3, -0.25) is 4.79 Å². The zero-order chi connectivity index (χ0) is 19.2. The first-order valence-electron chi connectivity index (χ1n) is 9.62. The van der Waals surface area contributed by atoms with Crippen LogP contribution in [-0.2, 0) is 0 Å². The topological polar surface area (TPSA) is 67.3 Å². The van der Waals surface area contributed by atoms with E-state index in [4.69, 9.17) is 4.74 Å². The molecule has 6 nitrogen and oxygen atoms in total. The monoisotopic (exact) mass is 368 g/mol. The second kappa shape index (κ2) is 8.84.